The number of nitrogens with zero attached hydrogens (tertiary/aromatic N) is 3. The normalized spacial score (nSPS) is 11.9. The van der Waals surface area contributed by atoms with E-state index in [0.29, 0.717) is 61.0 Å². The van der Waals surface area contributed by atoms with Gasteiger partial charge in [0, 0.05) is 24.9 Å². The van der Waals surface area contributed by atoms with Crippen LogP contribution in [0.15, 0.2) is 71.8 Å². The van der Waals surface area contributed by atoms with Crippen molar-refractivity contribution >= 4 is 76.5 Å². The molecule has 4 aromatic rings. The van der Waals surface area contributed by atoms with Crippen LogP contribution in [0.2, 0.25) is 5.02 Å². The van der Waals surface area contributed by atoms with Gasteiger partial charge in [-0.2, -0.15) is 9.78 Å². The van der Waals surface area contributed by atoms with Crippen molar-refractivity contribution in [3.05, 3.63) is 94.3 Å². The lowest BCUT2D eigenvalue weighted by atomic mass is 9.95. The molecule has 0 spiro atoms. The second-order valence-corrected chi connectivity index (χ2v) is 12.4. The summed E-state index contributed by atoms with van der Waals surface area (Å²) in [6.45, 7) is 8.67. The Labute approximate surface area is 251 Å². The highest BCUT2D eigenvalue weighted by Crippen LogP contribution is 2.43. The van der Waals surface area contributed by atoms with E-state index in [0.717, 1.165) is 10.0 Å². The molecule has 1 heterocycles. The summed E-state index contributed by atoms with van der Waals surface area (Å²) in [7, 11) is 0. The molecule has 0 radical (unpaired) electrons. The molecule has 0 bridgehead atoms. The van der Waals surface area contributed by atoms with Crippen molar-refractivity contribution in [2.24, 2.45) is 5.10 Å². The van der Waals surface area contributed by atoms with E-state index in [2.05, 4.69) is 52.9 Å². The first-order valence-corrected chi connectivity index (χ1v) is 14.5. The molecule has 198 valence electrons. The number of halogens is 4. The van der Waals surface area contributed by atoms with Crippen LogP contribution in [0.4, 0.5) is 0 Å². The number of hydrogen-bond acceptors (Lipinski definition) is 5. The Bertz CT molecular complexity index is 1580. The smallest absolute Gasteiger partial charge is 0.282 e. The summed E-state index contributed by atoms with van der Waals surface area (Å²) >= 11 is 16.7. The fraction of sp³-hybridized carbons (Fsp3) is 0.250. The zero-order chi connectivity index (χ0) is 27.6. The van der Waals surface area contributed by atoms with E-state index in [4.69, 9.17) is 26.1 Å². The molecule has 0 amide bonds. The van der Waals surface area contributed by atoms with Crippen molar-refractivity contribution in [3.8, 4) is 11.5 Å². The van der Waals surface area contributed by atoms with Crippen molar-refractivity contribution in [2.75, 3.05) is 6.61 Å². The topological polar surface area (TPSA) is 65.7 Å². The third-order valence-corrected chi connectivity index (χ3v) is 8.43. The van der Waals surface area contributed by atoms with E-state index in [1.165, 1.54) is 4.68 Å². The Kier molecular flexibility index (Phi) is 9.02. The van der Waals surface area contributed by atoms with Gasteiger partial charge in [0.1, 0.15) is 12.4 Å². The maximum Gasteiger partial charge on any atom is 0.282 e. The van der Waals surface area contributed by atoms with Gasteiger partial charge in [-0.3, -0.25) is 4.79 Å². The fourth-order valence-electron chi connectivity index (χ4n) is 3.69. The summed E-state index contributed by atoms with van der Waals surface area (Å²) in [5, 5.41) is 5.74. The molecule has 0 unspecified atom stereocenters. The van der Waals surface area contributed by atoms with Crippen LogP contribution in [0.3, 0.4) is 0 Å². The van der Waals surface area contributed by atoms with Gasteiger partial charge in [0.25, 0.3) is 5.56 Å². The van der Waals surface area contributed by atoms with Gasteiger partial charge in [0.15, 0.2) is 11.5 Å². The van der Waals surface area contributed by atoms with Crippen LogP contribution in [0.25, 0.3) is 10.9 Å². The molecule has 38 heavy (non-hydrogen) atoms. The SMILES string of the molecule is CCOc1cc(C=Nn2c(C(C)(C)C)nc3ccc(Br)cc3c2=O)c(Br)c(Br)c1OCc1ccc(Cl)cc1. The van der Waals surface area contributed by atoms with E-state index in [-0.39, 0.29) is 5.56 Å². The summed E-state index contributed by atoms with van der Waals surface area (Å²) in [6.07, 6.45) is 1.61. The van der Waals surface area contributed by atoms with Crippen LogP contribution in [0.1, 0.15) is 44.6 Å². The molecule has 1 aromatic heterocycles. The average molecular weight is 727 g/mol. The molecule has 0 fully saturated rings. The van der Waals surface area contributed by atoms with Crippen LogP contribution in [-0.4, -0.2) is 22.5 Å². The molecule has 0 aliphatic carbocycles. The zero-order valence-corrected chi connectivity index (χ0v) is 26.7. The van der Waals surface area contributed by atoms with Gasteiger partial charge in [-0.15, -0.1) is 0 Å². The maximum absolute atomic E-state index is 13.5. The zero-order valence-electron chi connectivity index (χ0n) is 21.2. The van der Waals surface area contributed by atoms with E-state index in [1.54, 1.807) is 12.3 Å². The molecular formula is C28H25Br3ClN3O3. The van der Waals surface area contributed by atoms with Gasteiger partial charge in [-0.05, 0) is 80.7 Å². The Morgan fingerprint density at radius 2 is 1.74 bits per heavy atom. The minimum absolute atomic E-state index is 0.249. The lowest BCUT2D eigenvalue weighted by molar-refractivity contribution is 0.267. The van der Waals surface area contributed by atoms with E-state index in [9.17, 15) is 4.79 Å². The second kappa shape index (κ2) is 11.9. The summed E-state index contributed by atoms with van der Waals surface area (Å²) in [6, 6.07) is 14.7. The molecule has 0 saturated carbocycles. The lowest BCUT2D eigenvalue weighted by Crippen LogP contribution is -2.29. The minimum atomic E-state index is -0.425. The molecule has 0 atom stereocenters. The first-order valence-electron chi connectivity index (χ1n) is 11.8. The summed E-state index contributed by atoms with van der Waals surface area (Å²) in [4.78, 5) is 18.3. The van der Waals surface area contributed by atoms with Crippen LogP contribution >= 0.6 is 59.4 Å². The Morgan fingerprint density at radius 1 is 1.03 bits per heavy atom. The van der Waals surface area contributed by atoms with Gasteiger partial charge in [0.2, 0.25) is 0 Å². The van der Waals surface area contributed by atoms with Crippen LogP contribution in [-0.2, 0) is 12.0 Å². The highest BCUT2D eigenvalue weighted by molar-refractivity contribution is 9.13. The predicted molar refractivity (Wildman–Crippen MR) is 164 cm³/mol. The first kappa shape index (κ1) is 28.8. The molecule has 6 nitrogen and oxygen atoms in total. The Morgan fingerprint density at radius 3 is 2.39 bits per heavy atom. The monoisotopic (exact) mass is 723 g/mol. The summed E-state index contributed by atoms with van der Waals surface area (Å²) < 4.78 is 15.6. The van der Waals surface area contributed by atoms with Crippen molar-refractivity contribution < 1.29 is 9.47 Å². The number of fused-ring (bicyclic) bond motifs is 1. The number of benzene rings is 3. The van der Waals surface area contributed by atoms with E-state index in [1.807, 2.05) is 70.2 Å². The molecule has 0 aliphatic heterocycles. The van der Waals surface area contributed by atoms with Crippen molar-refractivity contribution in [1.29, 1.82) is 0 Å². The largest absolute Gasteiger partial charge is 0.490 e. The molecule has 3 aromatic carbocycles. The molecule has 10 heteroatoms. The van der Waals surface area contributed by atoms with Crippen LogP contribution in [0, 0.1) is 0 Å². The molecule has 0 N–H and O–H groups in total. The van der Waals surface area contributed by atoms with E-state index < -0.39 is 5.41 Å². The molecular weight excluding hydrogens is 701 g/mol. The first-order chi connectivity index (χ1) is 18.0. The third-order valence-electron chi connectivity index (χ3n) is 5.54. The third kappa shape index (κ3) is 6.33. The Hall–Kier alpha value is -2.20. The number of hydrogen-bond donors (Lipinski definition) is 0. The molecule has 4 rings (SSSR count). The van der Waals surface area contributed by atoms with E-state index >= 15 is 0 Å². The highest BCUT2D eigenvalue weighted by atomic mass is 79.9. The molecule has 0 saturated heterocycles. The van der Waals surface area contributed by atoms with Crippen LogP contribution in [0.5, 0.6) is 11.5 Å². The lowest BCUT2D eigenvalue weighted by Gasteiger charge is -2.21. The number of ether oxygens (including phenoxy) is 2. The van der Waals surface area contributed by atoms with Gasteiger partial charge in [-0.25, -0.2) is 4.98 Å². The quantitative estimate of drug-likeness (QED) is 0.179. The Balaban J connectivity index is 1.77. The second-order valence-electron chi connectivity index (χ2n) is 9.48. The van der Waals surface area contributed by atoms with Crippen LogP contribution < -0.4 is 15.0 Å². The van der Waals surface area contributed by atoms with Gasteiger partial charge >= 0.3 is 0 Å². The summed E-state index contributed by atoms with van der Waals surface area (Å²) in [5.74, 6) is 1.65. The number of rotatable bonds is 7. The summed E-state index contributed by atoms with van der Waals surface area (Å²) in [5.41, 5.74) is 1.61. The van der Waals surface area contributed by atoms with Gasteiger partial charge in [0.05, 0.1) is 28.2 Å². The van der Waals surface area contributed by atoms with Crippen molar-refractivity contribution in [2.45, 2.75) is 39.7 Å². The minimum Gasteiger partial charge on any atom is -0.490 e. The number of aromatic nitrogens is 2. The van der Waals surface area contributed by atoms with Gasteiger partial charge < -0.3 is 9.47 Å². The fourth-order valence-corrected chi connectivity index (χ4v) is 5.12. The average Bonchev–Trinajstić information content (AvgIpc) is 2.86. The van der Waals surface area contributed by atoms with Gasteiger partial charge in [-0.1, -0.05) is 60.4 Å². The molecule has 0 aliphatic rings. The van der Waals surface area contributed by atoms with Crippen molar-refractivity contribution in [1.82, 2.24) is 9.66 Å². The van der Waals surface area contributed by atoms with Crippen molar-refractivity contribution in [3.63, 3.8) is 0 Å². The maximum atomic E-state index is 13.5. The predicted octanol–water partition coefficient (Wildman–Crippen LogP) is 8.49. The highest BCUT2D eigenvalue weighted by Gasteiger charge is 2.23. The standard InChI is InChI=1S/C28H25Br3ClN3O3/c1-5-37-22-12-17(23(30)24(31)25(22)38-15-16-6-9-19(32)10-7-16)14-33-35-26(36)20-13-18(29)8-11-21(20)34-27(35)28(2,3)4/h6-14H,5,15H2,1-4H3.